The highest BCUT2D eigenvalue weighted by Crippen LogP contribution is 2.22. The first-order valence-corrected chi connectivity index (χ1v) is 6.03. The Morgan fingerprint density at radius 3 is 2.67 bits per heavy atom. The third-order valence-electron chi connectivity index (χ3n) is 2.17. The number of carbonyl (C=O) groups excluding carboxylic acids is 1. The second-order valence-corrected chi connectivity index (χ2v) is 3.90. The number of hydrogen-bond acceptors (Lipinski definition) is 4. The van der Waals surface area contributed by atoms with E-state index in [-0.39, 0.29) is 19.0 Å². The molecule has 0 N–H and O–H groups in total. The number of alkyl halides is 1. The molecule has 1 aromatic carbocycles. The molecule has 1 rings (SSSR count). The van der Waals surface area contributed by atoms with E-state index in [1.165, 1.54) is 0 Å². The van der Waals surface area contributed by atoms with Crippen molar-refractivity contribution in [2.24, 2.45) is 0 Å². The molecule has 0 aliphatic rings. The summed E-state index contributed by atoms with van der Waals surface area (Å²) < 4.78 is 10.1. The predicted molar refractivity (Wildman–Crippen MR) is 67.4 cm³/mol. The van der Waals surface area contributed by atoms with E-state index in [0.29, 0.717) is 12.4 Å². The molecule has 1 unspecified atom stereocenters. The zero-order chi connectivity index (χ0) is 13.4. The summed E-state index contributed by atoms with van der Waals surface area (Å²) in [5, 5.41) is 7.99. The van der Waals surface area contributed by atoms with E-state index in [1.54, 1.807) is 31.2 Å². The van der Waals surface area contributed by atoms with Crippen molar-refractivity contribution < 1.29 is 14.3 Å². The Labute approximate surface area is 111 Å². The minimum Gasteiger partial charge on any atom is -0.493 e. The predicted octanol–water partition coefficient (Wildman–Crippen LogP) is 2.82. The Hall–Kier alpha value is -1.73. The highest BCUT2D eigenvalue weighted by Gasteiger charge is 2.06. The van der Waals surface area contributed by atoms with Gasteiger partial charge in [-0.1, -0.05) is 12.1 Å². The lowest BCUT2D eigenvalue weighted by atomic mass is 10.1. The number of ether oxygens (including phenoxy) is 2. The zero-order valence-electron chi connectivity index (χ0n) is 10.1. The van der Waals surface area contributed by atoms with Gasteiger partial charge in [-0.3, -0.25) is 4.79 Å². The lowest BCUT2D eigenvalue weighted by Crippen LogP contribution is -2.09. The molecule has 0 heterocycles. The van der Waals surface area contributed by atoms with E-state index in [4.69, 9.17) is 26.3 Å². The fourth-order valence-corrected chi connectivity index (χ4v) is 1.44. The molecular formula is C13H14ClNO3. The van der Waals surface area contributed by atoms with Gasteiger partial charge in [0.05, 0.1) is 25.7 Å². The smallest absolute Gasteiger partial charge is 0.309 e. The molecule has 4 nitrogen and oxygen atoms in total. The normalized spacial score (nSPS) is 11.4. The number of hydrogen-bond donors (Lipinski definition) is 0. The van der Waals surface area contributed by atoms with Gasteiger partial charge in [-0.25, -0.2) is 0 Å². The van der Waals surface area contributed by atoms with Gasteiger partial charge in [0, 0.05) is 0 Å². The average Bonchev–Trinajstić information content (AvgIpc) is 2.39. The summed E-state index contributed by atoms with van der Waals surface area (Å²) in [6, 6.07) is 8.81. The first kappa shape index (κ1) is 14.3. The van der Waals surface area contributed by atoms with Crippen LogP contribution in [0.25, 0.3) is 0 Å². The molecule has 0 saturated carbocycles. The van der Waals surface area contributed by atoms with Crippen molar-refractivity contribution in [1.82, 2.24) is 0 Å². The minimum absolute atomic E-state index is 0.214. The van der Waals surface area contributed by atoms with Crippen LogP contribution in [0.15, 0.2) is 24.3 Å². The maximum Gasteiger partial charge on any atom is 0.309 e. The SMILES string of the molecule is CCOC(=O)CCOc1ccc(C(Cl)C#N)cc1. The van der Waals surface area contributed by atoms with Gasteiger partial charge in [-0.05, 0) is 24.6 Å². The number of rotatable bonds is 6. The van der Waals surface area contributed by atoms with E-state index < -0.39 is 5.38 Å². The molecule has 5 heteroatoms. The highest BCUT2D eigenvalue weighted by molar-refractivity contribution is 6.22. The molecule has 0 aromatic heterocycles. The lowest BCUT2D eigenvalue weighted by Gasteiger charge is -2.07. The van der Waals surface area contributed by atoms with Crippen LogP contribution in [0.4, 0.5) is 0 Å². The molecule has 0 fully saturated rings. The van der Waals surface area contributed by atoms with Crippen LogP contribution >= 0.6 is 11.6 Å². The first-order valence-electron chi connectivity index (χ1n) is 5.59. The maximum atomic E-state index is 11.1. The highest BCUT2D eigenvalue weighted by atomic mass is 35.5. The summed E-state index contributed by atoms with van der Waals surface area (Å²) in [5.74, 6) is 0.351. The van der Waals surface area contributed by atoms with Crippen LogP contribution in [0.2, 0.25) is 0 Å². The number of nitrogens with zero attached hydrogens (tertiary/aromatic N) is 1. The molecule has 0 saturated heterocycles. The number of esters is 1. The molecule has 96 valence electrons. The van der Waals surface area contributed by atoms with E-state index in [0.717, 1.165) is 5.56 Å². The average molecular weight is 268 g/mol. The van der Waals surface area contributed by atoms with Crippen LogP contribution in [-0.2, 0) is 9.53 Å². The molecular weight excluding hydrogens is 254 g/mol. The van der Waals surface area contributed by atoms with Crippen LogP contribution in [0.1, 0.15) is 24.3 Å². The van der Waals surface area contributed by atoms with Crippen molar-refractivity contribution in [1.29, 1.82) is 5.26 Å². The standard InChI is InChI=1S/C13H14ClNO3/c1-2-17-13(16)7-8-18-11-5-3-10(4-6-11)12(14)9-15/h3-6,12H,2,7-8H2,1H3. The summed E-state index contributed by atoms with van der Waals surface area (Å²) in [6.07, 6.45) is 0.214. The van der Waals surface area contributed by atoms with Crippen LogP contribution in [-0.4, -0.2) is 19.2 Å². The monoisotopic (exact) mass is 267 g/mol. The van der Waals surface area contributed by atoms with E-state index >= 15 is 0 Å². The second kappa shape index (κ2) is 7.57. The number of halogens is 1. The van der Waals surface area contributed by atoms with Crippen molar-refractivity contribution in [2.75, 3.05) is 13.2 Å². The molecule has 1 atom stereocenters. The molecule has 18 heavy (non-hydrogen) atoms. The van der Waals surface area contributed by atoms with Gasteiger partial charge in [0.25, 0.3) is 0 Å². The number of nitriles is 1. The molecule has 0 aliphatic carbocycles. The van der Waals surface area contributed by atoms with Crippen molar-refractivity contribution in [2.45, 2.75) is 18.7 Å². The summed E-state index contributed by atoms with van der Waals surface area (Å²) >= 11 is 5.76. The van der Waals surface area contributed by atoms with Crippen molar-refractivity contribution in [3.05, 3.63) is 29.8 Å². The third-order valence-corrected chi connectivity index (χ3v) is 2.52. The van der Waals surface area contributed by atoms with E-state index in [2.05, 4.69) is 0 Å². The Morgan fingerprint density at radius 1 is 1.44 bits per heavy atom. The van der Waals surface area contributed by atoms with E-state index in [9.17, 15) is 4.79 Å². The lowest BCUT2D eigenvalue weighted by molar-refractivity contribution is -0.143. The maximum absolute atomic E-state index is 11.1. The van der Waals surface area contributed by atoms with Crippen molar-refractivity contribution in [3.63, 3.8) is 0 Å². The van der Waals surface area contributed by atoms with Crippen LogP contribution in [0.5, 0.6) is 5.75 Å². The number of benzene rings is 1. The minimum atomic E-state index is -0.654. The summed E-state index contributed by atoms with van der Waals surface area (Å²) in [5.41, 5.74) is 0.719. The van der Waals surface area contributed by atoms with Crippen LogP contribution in [0, 0.1) is 11.3 Å². The number of carbonyl (C=O) groups is 1. The van der Waals surface area contributed by atoms with Gasteiger partial charge in [0.1, 0.15) is 11.1 Å². The summed E-state index contributed by atoms with van der Waals surface area (Å²) in [4.78, 5) is 11.1. The van der Waals surface area contributed by atoms with Gasteiger partial charge >= 0.3 is 5.97 Å². The summed E-state index contributed by atoms with van der Waals surface area (Å²) in [6.45, 7) is 2.40. The van der Waals surface area contributed by atoms with Crippen molar-refractivity contribution in [3.8, 4) is 11.8 Å². The molecule has 0 bridgehead atoms. The van der Waals surface area contributed by atoms with Gasteiger partial charge in [-0.2, -0.15) is 5.26 Å². The van der Waals surface area contributed by atoms with Gasteiger partial charge in [0.2, 0.25) is 0 Å². The topological polar surface area (TPSA) is 59.3 Å². The zero-order valence-corrected chi connectivity index (χ0v) is 10.8. The molecule has 1 aromatic rings. The Bertz CT molecular complexity index is 425. The Balaban J connectivity index is 2.40. The molecule has 0 amide bonds. The van der Waals surface area contributed by atoms with Crippen LogP contribution in [0.3, 0.4) is 0 Å². The summed E-state index contributed by atoms with van der Waals surface area (Å²) in [7, 11) is 0. The Kier molecular flexibility index (Phi) is 6.03. The van der Waals surface area contributed by atoms with Crippen molar-refractivity contribution >= 4 is 17.6 Å². The Morgan fingerprint density at radius 2 is 2.11 bits per heavy atom. The third kappa shape index (κ3) is 4.64. The van der Waals surface area contributed by atoms with Gasteiger partial charge < -0.3 is 9.47 Å². The molecule has 0 radical (unpaired) electrons. The van der Waals surface area contributed by atoms with Gasteiger partial charge in [-0.15, -0.1) is 11.6 Å². The molecule has 0 aliphatic heterocycles. The fourth-order valence-electron chi connectivity index (χ4n) is 1.29. The largest absolute Gasteiger partial charge is 0.493 e. The first-order chi connectivity index (χ1) is 8.67. The van der Waals surface area contributed by atoms with E-state index in [1.807, 2.05) is 6.07 Å². The quantitative estimate of drug-likeness (QED) is 0.587. The van der Waals surface area contributed by atoms with Gasteiger partial charge in [0.15, 0.2) is 0 Å². The molecule has 0 spiro atoms. The van der Waals surface area contributed by atoms with Crippen LogP contribution < -0.4 is 4.74 Å². The fraction of sp³-hybridized carbons (Fsp3) is 0.385. The second-order valence-electron chi connectivity index (χ2n) is 3.46.